The molecule has 3 heterocycles. The molecule has 2 unspecified atom stereocenters. The van der Waals surface area contributed by atoms with Crippen molar-refractivity contribution in [2.24, 2.45) is 10.9 Å². The van der Waals surface area contributed by atoms with Gasteiger partial charge in [0.15, 0.2) is 0 Å². The normalized spacial score (nSPS) is 20.5. The highest BCUT2D eigenvalue weighted by Gasteiger charge is 2.27. The number of likely N-dealkylation sites (tertiary alicyclic amines) is 1. The van der Waals surface area contributed by atoms with Crippen LogP contribution in [-0.4, -0.2) is 65.4 Å². The molecule has 2 aromatic rings. The Morgan fingerprint density at radius 2 is 1.87 bits per heavy atom. The molecule has 0 bridgehead atoms. The molecule has 0 aromatic heterocycles. The Morgan fingerprint density at radius 3 is 2.58 bits per heavy atom. The predicted molar refractivity (Wildman–Crippen MR) is 155 cm³/mol. The van der Waals surface area contributed by atoms with E-state index in [2.05, 4.69) is 83.4 Å². The number of allylic oxidation sites excluding steroid dienone is 1. The molecule has 0 aliphatic carbocycles. The van der Waals surface area contributed by atoms with E-state index in [0.717, 1.165) is 66.3 Å². The van der Waals surface area contributed by atoms with Gasteiger partial charge in [0.2, 0.25) is 0 Å². The molecular weight excluding hydrogens is 474 g/mol. The molecule has 0 amide bonds. The Labute approximate surface area is 226 Å². The summed E-state index contributed by atoms with van der Waals surface area (Å²) in [5, 5.41) is 21.9. The number of aliphatic imine (C=N–C) groups is 1. The van der Waals surface area contributed by atoms with Gasteiger partial charge in [-0.1, -0.05) is 42.5 Å². The molecule has 5 rings (SSSR count). The fraction of sp³-hybridized carbons (Fsp3) is 0.419. The van der Waals surface area contributed by atoms with Crippen LogP contribution in [0, 0.1) is 18.3 Å². The molecule has 7 nitrogen and oxygen atoms in total. The fourth-order valence-corrected chi connectivity index (χ4v) is 5.73. The zero-order valence-electron chi connectivity index (χ0n) is 22.9. The summed E-state index contributed by atoms with van der Waals surface area (Å²) < 4.78 is 0. The number of aryl methyl sites for hydroxylation is 1. The molecule has 0 spiro atoms. The monoisotopic (exact) mass is 513 g/mol. The lowest BCUT2D eigenvalue weighted by molar-refractivity contribution is -0.287. The molecule has 0 saturated carbocycles. The molecule has 7 heteroatoms. The smallest absolute Gasteiger partial charge is 0.123 e. The highest BCUT2D eigenvalue weighted by atomic mass is 17.1. The van der Waals surface area contributed by atoms with Crippen molar-refractivity contribution >= 4 is 23.3 Å². The maximum atomic E-state index is 9.25. The quantitative estimate of drug-likeness (QED) is 0.268. The van der Waals surface area contributed by atoms with E-state index in [1.165, 1.54) is 11.3 Å². The van der Waals surface area contributed by atoms with Crippen molar-refractivity contribution in [1.29, 1.82) is 5.41 Å². The lowest BCUT2D eigenvalue weighted by Gasteiger charge is -2.36. The van der Waals surface area contributed by atoms with Crippen molar-refractivity contribution in [3.05, 3.63) is 82.1 Å². The van der Waals surface area contributed by atoms with Crippen molar-refractivity contribution < 1.29 is 10.1 Å². The first-order valence-corrected chi connectivity index (χ1v) is 13.6. The van der Waals surface area contributed by atoms with Crippen LogP contribution in [0.5, 0.6) is 0 Å². The summed E-state index contributed by atoms with van der Waals surface area (Å²) in [5.74, 6) is 1.41. The van der Waals surface area contributed by atoms with E-state index in [9.17, 15) is 5.41 Å². The molecule has 38 heavy (non-hydrogen) atoms. The van der Waals surface area contributed by atoms with E-state index in [-0.39, 0.29) is 12.1 Å². The topological polar surface area (TPSA) is 84.2 Å². The zero-order chi connectivity index (χ0) is 26.8. The van der Waals surface area contributed by atoms with Gasteiger partial charge in [-0.2, -0.15) is 0 Å². The van der Waals surface area contributed by atoms with E-state index in [0.29, 0.717) is 18.2 Å². The first-order valence-electron chi connectivity index (χ1n) is 13.6. The number of hydrogen-bond acceptors (Lipinski definition) is 7. The van der Waals surface area contributed by atoms with Crippen molar-refractivity contribution in [2.45, 2.75) is 52.3 Å². The third-order valence-corrected chi connectivity index (χ3v) is 8.32. The van der Waals surface area contributed by atoms with Crippen molar-refractivity contribution in [1.82, 2.24) is 9.80 Å². The minimum atomic E-state index is -0.126. The third kappa shape index (κ3) is 5.26. The van der Waals surface area contributed by atoms with Crippen molar-refractivity contribution in [3.63, 3.8) is 0 Å². The summed E-state index contributed by atoms with van der Waals surface area (Å²) in [7, 11) is 2.11. The van der Waals surface area contributed by atoms with Gasteiger partial charge in [0.25, 0.3) is 0 Å². The van der Waals surface area contributed by atoms with E-state index in [1.54, 1.807) is 0 Å². The van der Waals surface area contributed by atoms with Crippen LogP contribution >= 0.6 is 0 Å². The number of amidine groups is 1. The second kappa shape index (κ2) is 11.1. The van der Waals surface area contributed by atoms with Gasteiger partial charge in [-0.15, -0.1) is 0 Å². The number of rotatable bonds is 6. The Hall–Kier alpha value is -3.42. The van der Waals surface area contributed by atoms with Gasteiger partial charge in [-0.25, -0.2) is 4.89 Å². The lowest BCUT2D eigenvalue weighted by atomic mass is 9.90. The molecule has 3 N–H and O–H groups in total. The summed E-state index contributed by atoms with van der Waals surface area (Å²) >= 11 is 0. The minimum Gasteiger partial charge on any atom is -0.376 e. The molecule has 3 aliphatic heterocycles. The van der Waals surface area contributed by atoms with Crippen LogP contribution in [0.25, 0.3) is 6.08 Å². The van der Waals surface area contributed by atoms with Gasteiger partial charge >= 0.3 is 0 Å². The van der Waals surface area contributed by atoms with Gasteiger partial charge < -0.3 is 15.1 Å². The average Bonchev–Trinajstić information content (AvgIpc) is 2.94. The highest BCUT2D eigenvalue weighted by molar-refractivity contribution is 6.16. The van der Waals surface area contributed by atoms with Crippen molar-refractivity contribution in [2.75, 3.05) is 32.0 Å². The van der Waals surface area contributed by atoms with Crippen molar-refractivity contribution in [3.8, 4) is 0 Å². The van der Waals surface area contributed by atoms with Crippen LogP contribution in [0.4, 0.5) is 5.69 Å². The number of piperidine rings is 1. The van der Waals surface area contributed by atoms with Gasteiger partial charge in [-0.05, 0) is 68.4 Å². The van der Waals surface area contributed by atoms with Crippen LogP contribution in [0.15, 0.2) is 59.2 Å². The lowest BCUT2D eigenvalue weighted by Crippen LogP contribution is -2.42. The third-order valence-electron chi connectivity index (χ3n) is 8.32. The maximum Gasteiger partial charge on any atom is 0.123 e. The number of hydrogen-bond donors (Lipinski definition) is 3. The van der Waals surface area contributed by atoms with Crippen LogP contribution in [0.3, 0.4) is 0 Å². The second-order valence-corrected chi connectivity index (χ2v) is 10.8. The summed E-state index contributed by atoms with van der Waals surface area (Å²) in [6, 6.07) is 12.5. The Morgan fingerprint density at radius 1 is 1.13 bits per heavy atom. The van der Waals surface area contributed by atoms with E-state index in [1.807, 2.05) is 19.1 Å². The number of benzene rings is 2. The first kappa shape index (κ1) is 26.2. The van der Waals surface area contributed by atoms with Gasteiger partial charge in [0.1, 0.15) is 5.84 Å². The van der Waals surface area contributed by atoms with Gasteiger partial charge in [0, 0.05) is 49.2 Å². The van der Waals surface area contributed by atoms with E-state index < -0.39 is 0 Å². The summed E-state index contributed by atoms with van der Waals surface area (Å²) in [6.45, 7) is 9.50. The number of nitrogens with zero attached hydrogens (tertiary/aromatic N) is 3. The van der Waals surface area contributed by atoms with Crippen LogP contribution in [0.2, 0.25) is 0 Å². The second-order valence-electron chi connectivity index (χ2n) is 10.8. The molecule has 1 fully saturated rings. The molecule has 2 atom stereocenters. The molecule has 0 radical (unpaired) electrons. The zero-order valence-corrected chi connectivity index (χ0v) is 22.9. The first-order chi connectivity index (χ1) is 18.4. The standard InChI is InChI=1S/C31H39N5O2/c1-20-7-5-10-27(30(32)26-9-6-8-24-19-35(4)21(2)17-28(24)26)31(20)34-25-11-12-29(33-18-25)36-15-13-23(14-16-36)22(3)38-37/h5-12,17,22-23,25,32,34,37H,13-16,18-19H2,1-4H3. The number of anilines is 1. The molecule has 2 aromatic carbocycles. The fourth-order valence-electron chi connectivity index (χ4n) is 5.73. The van der Waals surface area contributed by atoms with Crippen LogP contribution in [0.1, 0.15) is 54.5 Å². The Balaban J connectivity index is 1.31. The van der Waals surface area contributed by atoms with E-state index in [4.69, 9.17) is 10.2 Å². The largest absolute Gasteiger partial charge is 0.376 e. The Kier molecular flexibility index (Phi) is 7.68. The molecular formula is C31H39N5O2. The SMILES string of the molecule is CC1=Cc2c(cccc2C(=N)c2cccc(C)c2NC2C=CC(N3CCC(C(C)OO)CC3)=NC2)CN1C. The van der Waals surface area contributed by atoms with Crippen LogP contribution in [-0.2, 0) is 11.4 Å². The van der Waals surface area contributed by atoms with E-state index >= 15 is 0 Å². The Bertz CT molecular complexity index is 1290. The predicted octanol–water partition coefficient (Wildman–Crippen LogP) is 5.56. The molecule has 1 saturated heterocycles. The minimum absolute atomic E-state index is 0.0622. The van der Waals surface area contributed by atoms with Crippen LogP contribution < -0.4 is 5.32 Å². The number of para-hydroxylation sites is 1. The summed E-state index contributed by atoms with van der Waals surface area (Å²) in [6.07, 6.45) is 8.36. The summed E-state index contributed by atoms with van der Waals surface area (Å²) in [4.78, 5) is 14.0. The molecule has 200 valence electrons. The number of dihydropyridines is 1. The van der Waals surface area contributed by atoms with Gasteiger partial charge in [0.05, 0.1) is 24.4 Å². The number of nitrogens with one attached hydrogen (secondary N) is 2. The molecule has 3 aliphatic rings. The average molecular weight is 514 g/mol. The number of fused-ring (bicyclic) bond motifs is 1. The maximum absolute atomic E-state index is 9.25. The highest BCUT2D eigenvalue weighted by Crippen LogP contribution is 2.31. The van der Waals surface area contributed by atoms with Gasteiger partial charge in [-0.3, -0.25) is 15.7 Å². The summed E-state index contributed by atoms with van der Waals surface area (Å²) in [5.41, 5.74) is 8.14.